The Morgan fingerprint density at radius 2 is 1.49 bits per heavy atom. The van der Waals surface area contributed by atoms with Gasteiger partial charge in [0.1, 0.15) is 11.7 Å². The van der Waals surface area contributed by atoms with Gasteiger partial charge in [-0.05, 0) is 49.2 Å². The Balaban J connectivity index is 1.87. The van der Waals surface area contributed by atoms with Crippen LogP contribution in [0.1, 0.15) is 32.4 Å². The van der Waals surface area contributed by atoms with Crippen molar-refractivity contribution < 1.29 is 4.79 Å². The first kappa shape index (κ1) is 22.5. The first-order valence-corrected chi connectivity index (χ1v) is 11.7. The summed E-state index contributed by atoms with van der Waals surface area (Å²) in [6, 6.07) is 29.8. The minimum absolute atomic E-state index is 0.244. The molecule has 0 spiro atoms. The number of amides is 1. The van der Waals surface area contributed by atoms with Crippen LogP contribution in [0.4, 0.5) is 0 Å². The number of para-hydroxylation sites is 2. The molecule has 5 heteroatoms. The molecule has 0 bridgehead atoms. The molecule has 5 aromatic rings. The molecular weight excluding hydrogens is 434 g/mol. The number of carbonyl (C=O) groups excluding carboxylic acids is 1. The first-order chi connectivity index (χ1) is 16.8. The van der Waals surface area contributed by atoms with E-state index < -0.39 is 11.6 Å². The second-order valence-corrected chi connectivity index (χ2v) is 9.70. The molecule has 4 aromatic carbocycles. The van der Waals surface area contributed by atoms with Crippen molar-refractivity contribution in [3.63, 3.8) is 0 Å². The quantitative estimate of drug-likeness (QED) is 0.372. The standard InChI is InChI=1S/C30H27N3O2/c1-30(2,3)32-28(34)27(23-17-11-15-20-12-7-8-16-22(20)23)33-25-19-10-9-18-24(25)31-26(29(33)35)21-13-5-4-6-14-21/h4-19,27H,1-3H3,(H,32,34). The summed E-state index contributed by atoms with van der Waals surface area (Å²) in [5.74, 6) is -0.244. The monoisotopic (exact) mass is 461 g/mol. The maximum absolute atomic E-state index is 14.1. The molecule has 0 saturated heterocycles. The lowest BCUT2D eigenvalue weighted by atomic mass is 9.96. The van der Waals surface area contributed by atoms with Gasteiger partial charge in [0.05, 0.1) is 11.0 Å². The highest BCUT2D eigenvalue weighted by molar-refractivity contribution is 5.94. The molecule has 174 valence electrons. The molecule has 5 rings (SSSR count). The molecule has 0 radical (unpaired) electrons. The third-order valence-electron chi connectivity index (χ3n) is 5.96. The Morgan fingerprint density at radius 1 is 0.829 bits per heavy atom. The highest BCUT2D eigenvalue weighted by Crippen LogP contribution is 2.30. The number of nitrogens with one attached hydrogen (secondary N) is 1. The Bertz CT molecular complexity index is 1590. The summed E-state index contributed by atoms with van der Waals surface area (Å²) in [6.07, 6.45) is 0. The number of fused-ring (bicyclic) bond motifs is 2. The van der Waals surface area contributed by atoms with Gasteiger partial charge in [-0.15, -0.1) is 0 Å². The number of nitrogens with zero attached hydrogens (tertiary/aromatic N) is 2. The Kier molecular flexibility index (Phi) is 5.69. The van der Waals surface area contributed by atoms with Gasteiger partial charge in [-0.3, -0.25) is 14.2 Å². The maximum Gasteiger partial charge on any atom is 0.278 e. The zero-order valence-corrected chi connectivity index (χ0v) is 20.0. The van der Waals surface area contributed by atoms with Crippen LogP contribution in [-0.4, -0.2) is 21.0 Å². The largest absolute Gasteiger partial charge is 0.349 e. The molecule has 1 N–H and O–H groups in total. The number of hydrogen-bond donors (Lipinski definition) is 1. The molecule has 0 aliphatic heterocycles. The van der Waals surface area contributed by atoms with E-state index in [4.69, 9.17) is 4.98 Å². The molecule has 0 aliphatic carbocycles. The third-order valence-corrected chi connectivity index (χ3v) is 5.96. The fraction of sp³-hybridized carbons (Fsp3) is 0.167. The van der Waals surface area contributed by atoms with E-state index in [0.717, 1.165) is 16.3 Å². The van der Waals surface area contributed by atoms with Crippen LogP contribution in [0.15, 0.2) is 102 Å². The van der Waals surface area contributed by atoms with E-state index in [9.17, 15) is 9.59 Å². The fourth-order valence-electron chi connectivity index (χ4n) is 4.52. The average Bonchev–Trinajstić information content (AvgIpc) is 2.85. The summed E-state index contributed by atoms with van der Waals surface area (Å²) in [6.45, 7) is 5.82. The lowest BCUT2D eigenvalue weighted by Gasteiger charge is -2.28. The highest BCUT2D eigenvalue weighted by Gasteiger charge is 2.30. The molecule has 1 atom stereocenters. The second-order valence-electron chi connectivity index (χ2n) is 9.70. The Hall–Kier alpha value is -4.25. The molecule has 0 saturated carbocycles. The number of aromatic nitrogens is 2. The van der Waals surface area contributed by atoms with E-state index in [1.807, 2.05) is 118 Å². The van der Waals surface area contributed by atoms with Crippen molar-refractivity contribution in [2.75, 3.05) is 0 Å². The number of hydrogen-bond acceptors (Lipinski definition) is 3. The summed E-state index contributed by atoms with van der Waals surface area (Å²) >= 11 is 0. The van der Waals surface area contributed by atoms with Gasteiger partial charge in [0, 0.05) is 11.1 Å². The van der Waals surface area contributed by atoms with Gasteiger partial charge in [0.25, 0.3) is 5.56 Å². The van der Waals surface area contributed by atoms with E-state index in [1.54, 1.807) is 4.57 Å². The van der Waals surface area contributed by atoms with Crippen molar-refractivity contribution in [1.82, 2.24) is 14.9 Å². The van der Waals surface area contributed by atoms with Crippen LogP contribution in [0.2, 0.25) is 0 Å². The van der Waals surface area contributed by atoms with Crippen LogP contribution in [0.3, 0.4) is 0 Å². The zero-order valence-electron chi connectivity index (χ0n) is 20.0. The van der Waals surface area contributed by atoms with E-state index in [1.165, 1.54) is 0 Å². The van der Waals surface area contributed by atoms with Crippen molar-refractivity contribution in [2.45, 2.75) is 32.4 Å². The zero-order chi connectivity index (χ0) is 24.6. The van der Waals surface area contributed by atoms with Gasteiger partial charge in [-0.1, -0.05) is 84.9 Å². The van der Waals surface area contributed by atoms with E-state index in [2.05, 4.69) is 5.32 Å². The minimum atomic E-state index is -0.886. The van der Waals surface area contributed by atoms with Gasteiger partial charge in [0.15, 0.2) is 0 Å². The molecule has 0 aliphatic rings. The van der Waals surface area contributed by atoms with Gasteiger partial charge in [-0.2, -0.15) is 0 Å². The molecule has 1 heterocycles. The van der Waals surface area contributed by atoms with Gasteiger partial charge in [0.2, 0.25) is 5.91 Å². The molecule has 1 amide bonds. The van der Waals surface area contributed by atoms with Gasteiger partial charge < -0.3 is 5.32 Å². The number of carbonyl (C=O) groups is 1. The van der Waals surface area contributed by atoms with Crippen LogP contribution in [0.25, 0.3) is 33.1 Å². The summed E-state index contributed by atoms with van der Waals surface area (Å²) in [5, 5.41) is 5.05. The van der Waals surface area contributed by atoms with E-state index in [0.29, 0.717) is 22.3 Å². The summed E-state index contributed by atoms with van der Waals surface area (Å²) < 4.78 is 1.60. The van der Waals surface area contributed by atoms with Crippen LogP contribution < -0.4 is 10.9 Å². The van der Waals surface area contributed by atoms with Crippen LogP contribution in [0, 0.1) is 0 Å². The molecular formula is C30H27N3O2. The fourth-order valence-corrected chi connectivity index (χ4v) is 4.52. The SMILES string of the molecule is CC(C)(C)NC(=O)C(c1cccc2ccccc12)n1c(=O)c(-c2ccccc2)nc2ccccc21. The molecule has 1 unspecified atom stereocenters. The minimum Gasteiger partial charge on any atom is -0.349 e. The summed E-state index contributed by atoms with van der Waals surface area (Å²) in [7, 11) is 0. The smallest absolute Gasteiger partial charge is 0.278 e. The van der Waals surface area contributed by atoms with Crippen molar-refractivity contribution in [3.8, 4) is 11.3 Å². The lowest BCUT2D eigenvalue weighted by Crippen LogP contribution is -2.46. The van der Waals surface area contributed by atoms with Crippen molar-refractivity contribution in [3.05, 3.63) is 113 Å². The molecule has 35 heavy (non-hydrogen) atoms. The van der Waals surface area contributed by atoms with Crippen LogP contribution in [0.5, 0.6) is 0 Å². The van der Waals surface area contributed by atoms with Crippen molar-refractivity contribution in [2.24, 2.45) is 0 Å². The molecule has 0 fully saturated rings. The van der Waals surface area contributed by atoms with Crippen molar-refractivity contribution >= 4 is 27.7 Å². The maximum atomic E-state index is 14.1. The summed E-state index contributed by atoms with van der Waals surface area (Å²) in [5.41, 5.74) is 2.27. The predicted octanol–water partition coefficient (Wildman–Crippen LogP) is 5.72. The topological polar surface area (TPSA) is 64.0 Å². The summed E-state index contributed by atoms with van der Waals surface area (Å²) in [4.78, 5) is 32.8. The number of benzene rings is 4. The highest BCUT2D eigenvalue weighted by atomic mass is 16.2. The van der Waals surface area contributed by atoms with Crippen LogP contribution >= 0.6 is 0 Å². The molecule has 5 nitrogen and oxygen atoms in total. The lowest BCUT2D eigenvalue weighted by molar-refractivity contribution is -0.124. The first-order valence-electron chi connectivity index (χ1n) is 11.7. The van der Waals surface area contributed by atoms with Crippen molar-refractivity contribution in [1.29, 1.82) is 0 Å². The van der Waals surface area contributed by atoms with E-state index >= 15 is 0 Å². The second kappa shape index (κ2) is 8.84. The number of rotatable bonds is 4. The van der Waals surface area contributed by atoms with Gasteiger partial charge >= 0.3 is 0 Å². The van der Waals surface area contributed by atoms with E-state index in [-0.39, 0.29) is 11.5 Å². The van der Waals surface area contributed by atoms with Gasteiger partial charge in [-0.25, -0.2) is 4.98 Å². The predicted molar refractivity (Wildman–Crippen MR) is 141 cm³/mol. The third kappa shape index (κ3) is 4.33. The Labute approximate surface area is 204 Å². The molecule has 1 aromatic heterocycles. The Morgan fingerprint density at radius 3 is 2.26 bits per heavy atom. The van der Waals surface area contributed by atoms with Crippen LogP contribution in [-0.2, 0) is 4.79 Å². The normalized spacial score (nSPS) is 12.5. The average molecular weight is 462 g/mol.